The Morgan fingerprint density at radius 2 is 2.05 bits per heavy atom. The van der Waals surface area contributed by atoms with E-state index >= 15 is 0 Å². The van der Waals surface area contributed by atoms with E-state index in [1.165, 1.54) is 0 Å². The number of hydrogen-bond donors (Lipinski definition) is 1. The summed E-state index contributed by atoms with van der Waals surface area (Å²) in [6.45, 7) is 3.95. The summed E-state index contributed by atoms with van der Waals surface area (Å²) in [6, 6.07) is 9.51. The number of benzene rings is 1. The minimum absolute atomic E-state index is 0.0440. The molecule has 1 amide bonds. The minimum atomic E-state index is 0.0440. The van der Waals surface area contributed by atoms with Crippen LogP contribution in [0.15, 0.2) is 36.5 Å². The Morgan fingerprint density at radius 1 is 1.25 bits per heavy atom. The highest BCUT2D eigenvalue weighted by molar-refractivity contribution is 6.05. The van der Waals surface area contributed by atoms with Gasteiger partial charge in [0.25, 0.3) is 5.91 Å². The van der Waals surface area contributed by atoms with Crippen molar-refractivity contribution in [3.05, 3.63) is 42.1 Å². The fourth-order valence-corrected chi connectivity index (χ4v) is 2.27. The maximum Gasteiger partial charge on any atom is 0.254 e. The van der Waals surface area contributed by atoms with E-state index in [0.29, 0.717) is 18.7 Å². The molecule has 0 aliphatic rings. The van der Waals surface area contributed by atoms with Gasteiger partial charge < -0.3 is 10.6 Å². The first-order valence-electron chi connectivity index (χ1n) is 7.11. The van der Waals surface area contributed by atoms with Crippen molar-refractivity contribution in [1.29, 1.82) is 0 Å². The van der Waals surface area contributed by atoms with E-state index in [9.17, 15) is 4.79 Å². The van der Waals surface area contributed by atoms with Gasteiger partial charge in [0.15, 0.2) is 0 Å². The molecule has 20 heavy (non-hydrogen) atoms. The lowest BCUT2D eigenvalue weighted by Crippen LogP contribution is -2.36. The monoisotopic (exact) mass is 271 g/mol. The lowest BCUT2D eigenvalue weighted by molar-refractivity contribution is 0.0760. The fraction of sp³-hybridized carbons (Fsp3) is 0.375. The summed E-state index contributed by atoms with van der Waals surface area (Å²) in [7, 11) is 0. The second-order valence-electron chi connectivity index (χ2n) is 4.81. The second-order valence-corrected chi connectivity index (χ2v) is 4.81. The maximum absolute atomic E-state index is 12.7. The maximum atomic E-state index is 12.7. The number of rotatable bonds is 6. The van der Waals surface area contributed by atoms with Crippen molar-refractivity contribution in [3.8, 4) is 0 Å². The number of carbonyl (C=O) groups is 1. The number of aromatic nitrogens is 1. The van der Waals surface area contributed by atoms with Gasteiger partial charge in [-0.25, -0.2) is 0 Å². The van der Waals surface area contributed by atoms with Crippen LogP contribution in [0.3, 0.4) is 0 Å². The third-order valence-electron chi connectivity index (χ3n) is 3.35. The molecule has 2 rings (SSSR count). The third kappa shape index (κ3) is 3.14. The van der Waals surface area contributed by atoms with Gasteiger partial charge in [0.05, 0.1) is 11.1 Å². The van der Waals surface area contributed by atoms with Crippen LogP contribution in [0.4, 0.5) is 0 Å². The summed E-state index contributed by atoms with van der Waals surface area (Å²) in [5.74, 6) is 0.0440. The summed E-state index contributed by atoms with van der Waals surface area (Å²) >= 11 is 0. The third-order valence-corrected chi connectivity index (χ3v) is 3.35. The van der Waals surface area contributed by atoms with Crippen LogP contribution in [0.1, 0.15) is 30.1 Å². The summed E-state index contributed by atoms with van der Waals surface area (Å²) in [5.41, 5.74) is 7.18. The molecular weight excluding hydrogens is 250 g/mol. The number of fused-ring (bicyclic) bond motifs is 1. The molecule has 1 aromatic carbocycles. The van der Waals surface area contributed by atoms with Crippen LogP contribution in [-0.4, -0.2) is 35.4 Å². The Labute approximate surface area is 119 Å². The predicted molar refractivity (Wildman–Crippen MR) is 81.6 cm³/mol. The van der Waals surface area contributed by atoms with Crippen LogP contribution < -0.4 is 5.73 Å². The van der Waals surface area contributed by atoms with Crippen LogP contribution in [0.2, 0.25) is 0 Å². The van der Waals surface area contributed by atoms with Crippen LogP contribution in [0.5, 0.6) is 0 Å². The van der Waals surface area contributed by atoms with Gasteiger partial charge in [-0.3, -0.25) is 9.78 Å². The van der Waals surface area contributed by atoms with Gasteiger partial charge in [0, 0.05) is 31.2 Å². The summed E-state index contributed by atoms with van der Waals surface area (Å²) in [6.07, 6.45) is 3.75. The van der Waals surface area contributed by atoms with E-state index in [1.54, 1.807) is 12.3 Å². The zero-order chi connectivity index (χ0) is 14.4. The molecule has 0 aliphatic heterocycles. The number of carbonyl (C=O) groups excluding carboxylic acids is 1. The van der Waals surface area contributed by atoms with E-state index in [0.717, 1.165) is 30.3 Å². The SMILES string of the molecule is CCCCN(CCN)C(=O)c1ccnc2ccccc12. The summed E-state index contributed by atoms with van der Waals surface area (Å²) in [5, 5.41) is 0.901. The number of nitrogens with two attached hydrogens (primary N) is 1. The second kappa shape index (κ2) is 7.01. The molecule has 2 N–H and O–H groups in total. The summed E-state index contributed by atoms with van der Waals surface area (Å²) in [4.78, 5) is 18.8. The van der Waals surface area contributed by atoms with E-state index in [1.807, 2.05) is 29.2 Å². The lowest BCUT2D eigenvalue weighted by atomic mass is 10.1. The van der Waals surface area contributed by atoms with Gasteiger partial charge in [-0.15, -0.1) is 0 Å². The largest absolute Gasteiger partial charge is 0.337 e. The fourth-order valence-electron chi connectivity index (χ4n) is 2.27. The topological polar surface area (TPSA) is 59.2 Å². The number of unbranched alkanes of at least 4 members (excludes halogenated alkanes) is 1. The average Bonchev–Trinajstić information content (AvgIpc) is 2.50. The molecule has 1 heterocycles. The molecule has 1 aromatic heterocycles. The standard InChI is InChI=1S/C16H21N3O/c1-2-3-11-19(12-9-17)16(20)14-8-10-18-15-7-5-4-6-13(14)15/h4-8,10H,2-3,9,11-12,17H2,1H3. The number of nitrogens with zero attached hydrogens (tertiary/aromatic N) is 2. The van der Waals surface area contributed by atoms with Crippen LogP contribution >= 0.6 is 0 Å². The number of hydrogen-bond acceptors (Lipinski definition) is 3. The van der Waals surface area contributed by atoms with Gasteiger partial charge in [0.1, 0.15) is 0 Å². The van der Waals surface area contributed by atoms with Gasteiger partial charge in [-0.2, -0.15) is 0 Å². The molecule has 0 fully saturated rings. The number of amides is 1. The Hall–Kier alpha value is -1.94. The molecule has 0 unspecified atom stereocenters. The molecule has 0 radical (unpaired) electrons. The minimum Gasteiger partial charge on any atom is -0.337 e. The molecule has 0 aliphatic carbocycles. The molecule has 4 nitrogen and oxygen atoms in total. The van der Waals surface area contributed by atoms with Crippen molar-refractivity contribution < 1.29 is 4.79 Å². The Kier molecular flexibility index (Phi) is 5.07. The van der Waals surface area contributed by atoms with E-state index < -0.39 is 0 Å². The zero-order valence-electron chi connectivity index (χ0n) is 11.9. The van der Waals surface area contributed by atoms with Crippen molar-refractivity contribution in [2.24, 2.45) is 5.73 Å². The highest BCUT2D eigenvalue weighted by atomic mass is 16.2. The molecule has 4 heteroatoms. The average molecular weight is 271 g/mol. The van der Waals surface area contributed by atoms with E-state index in [4.69, 9.17) is 5.73 Å². The van der Waals surface area contributed by atoms with E-state index in [-0.39, 0.29) is 5.91 Å². The molecule has 0 saturated carbocycles. The Balaban J connectivity index is 2.33. The van der Waals surface area contributed by atoms with Gasteiger partial charge in [-0.05, 0) is 18.6 Å². The first-order valence-corrected chi connectivity index (χ1v) is 7.11. The number of para-hydroxylation sites is 1. The van der Waals surface area contributed by atoms with Gasteiger partial charge in [0.2, 0.25) is 0 Å². The highest BCUT2D eigenvalue weighted by Crippen LogP contribution is 2.18. The van der Waals surface area contributed by atoms with Crippen molar-refractivity contribution in [3.63, 3.8) is 0 Å². The van der Waals surface area contributed by atoms with Crippen LogP contribution in [0, 0.1) is 0 Å². The van der Waals surface area contributed by atoms with Crippen LogP contribution in [-0.2, 0) is 0 Å². The molecular formula is C16H21N3O. The number of pyridine rings is 1. The highest BCUT2D eigenvalue weighted by Gasteiger charge is 2.17. The zero-order valence-corrected chi connectivity index (χ0v) is 11.9. The normalized spacial score (nSPS) is 10.7. The van der Waals surface area contributed by atoms with Crippen molar-refractivity contribution in [2.45, 2.75) is 19.8 Å². The van der Waals surface area contributed by atoms with Gasteiger partial charge in [-0.1, -0.05) is 31.5 Å². The van der Waals surface area contributed by atoms with Crippen LogP contribution in [0.25, 0.3) is 10.9 Å². The first kappa shape index (κ1) is 14.5. The van der Waals surface area contributed by atoms with Crippen molar-refractivity contribution >= 4 is 16.8 Å². The molecule has 0 bridgehead atoms. The lowest BCUT2D eigenvalue weighted by Gasteiger charge is -2.22. The van der Waals surface area contributed by atoms with Crippen molar-refractivity contribution in [2.75, 3.05) is 19.6 Å². The summed E-state index contributed by atoms with van der Waals surface area (Å²) < 4.78 is 0. The van der Waals surface area contributed by atoms with Crippen molar-refractivity contribution in [1.82, 2.24) is 9.88 Å². The van der Waals surface area contributed by atoms with Gasteiger partial charge >= 0.3 is 0 Å². The Morgan fingerprint density at radius 3 is 2.80 bits per heavy atom. The molecule has 106 valence electrons. The first-order chi connectivity index (χ1) is 9.77. The Bertz CT molecular complexity index is 577. The molecule has 0 spiro atoms. The quantitative estimate of drug-likeness (QED) is 0.878. The molecule has 0 atom stereocenters. The smallest absolute Gasteiger partial charge is 0.254 e. The molecule has 0 saturated heterocycles. The molecule has 2 aromatic rings. The van der Waals surface area contributed by atoms with E-state index in [2.05, 4.69) is 11.9 Å². The predicted octanol–water partition coefficient (Wildman–Crippen LogP) is 2.44.